The first kappa shape index (κ1) is 9.18. The van der Waals surface area contributed by atoms with Gasteiger partial charge in [-0.1, -0.05) is 0 Å². The van der Waals surface area contributed by atoms with Gasteiger partial charge in [0.2, 0.25) is 0 Å². The molecule has 1 aromatic rings. The first-order chi connectivity index (χ1) is 7.42. The van der Waals surface area contributed by atoms with Crippen LogP contribution in [0.5, 0.6) is 5.88 Å². The summed E-state index contributed by atoms with van der Waals surface area (Å²) in [4.78, 5) is 0. The van der Waals surface area contributed by atoms with Gasteiger partial charge in [-0.25, -0.2) is 0 Å². The van der Waals surface area contributed by atoms with E-state index in [4.69, 9.17) is 14.2 Å². The van der Waals surface area contributed by atoms with Gasteiger partial charge in [0, 0.05) is 12.0 Å². The SMILES string of the molecule is c1cc(OCC(CC2CO2)C2CO2)no1. The summed E-state index contributed by atoms with van der Waals surface area (Å²) < 4.78 is 20.7. The quantitative estimate of drug-likeness (QED) is 0.653. The molecular formula is C10H13NO4. The minimum absolute atomic E-state index is 0.348. The van der Waals surface area contributed by atoms with Crippen LogP contribution in [0, 0.1) is 5.92 Å². The van der Waals surface area contributed by atoms with Crippen LogP contribution in [-0.4, -0.2) is 37.2 Å². The minimum atomic E-state index is 0.348. The molecule has 82 valence electrons. The molecule has 3 unspecified atom stereocenters. The number of epoxide rings is 2. The molecule has 0 aliphatic carbocycles. The van der Waals surface area contributed by atoms with Crippen LogP contribution in [0.4, 0.5) is 0 Å². The van der Waals surface area contributed by atoms with Crippen LogP contribution in [0.2, 0.25) is 0 Å². The standard InChI is InChI=1S/C10H13NO4/c1-2-15-11-10(1)14-4-7(9-6-13-9)3-8-5-12-8/h1-2,7-9H,3-6H2. The second kappa shape index (κ2) is 3.83. The lowest BCUT2D eigenvalue weighted by molar-refractivity contribution is 0.180. The molecule has 0 bridgehead atoms. The first-order valence-corrected chi connectivity index (χ1v) is 5.18. The van der Waals surface area contributed by atoms with Crippen molar-refractivity contribution in [3.8, 4) is 5.88 Å². The molecule has 0 radical (unpaired) electrons. The maximum absolute atomic E-state index is 5.50. The van der Waals surface area contributed by atoms with E-state index >= 15 is 0 Å². The van der Waals surface area contributed by atoms with Crippen LogP contribution in [-0.2, 0) is 9.47 Å². The molecule has 2 aliphatic heterocycles. The first-order valence-electron chi connectivity index (χ1n) is 5.18. The van der Waals surface area contributed by atoms with Gasteiger partial charge in [0.25, 0.3) is 5.88 Å². The summed E-state index contributed by atoms with van der Waals surface area (Å²) >= 11 is 0. The molecule has 3 rings (SSSR count). The fourth-order valence-corrected chi connectivity index (χ4v) is 1.66. The molecule has 0 spiro atoms. The highest BCUT2D eigenvalue weighted by molar-refractivity contribution is 5.02. The highest BCUT2D eigenvalue weighted by Crippen LogP contribution is 2.29. The van der Waals surface area contributed by atoms with Crippen LogP contribution < -0.4 is 4.74 Å². The number of ether oxygens (including phenoxy) is 3. The Balaban J connectivity index is 1.49. The van der Waals surface area contributed by atoms with E-state index in [2.05, 4.69) is 9.68 Å². The smallest absolute Gasteiger partial charge is 0.254 e. The zero-order valence-electron chi connectivity index (χ0n) is 8.30. The van der Waals surface area contributed by atoms with Gasteiger partial charge in [-0.2, -0.15) is 0 Å². The van der Waals surface area contributed by atoms with Crippen molar-refractivity contribution < 1.29 is 18.7 Å². The van der Waals surface area contributed by atoms with Crippen LogP contribution in [0.3, 0.4) is 0 Å². The van der Waals surface area contributed by atoms with Crippen molar-refractivity contribution in [1.82, 2.24) is 5.16 Å². The molecule has 2 aliphatic rings. The van der Waals surface area contributed by atoms with Crippen LogP contribution >= 0.6 is 0 Å². The number of rotatable bonds is 6. The van der Waals surface area contributed by atoms with Crippen molar-refractivity contribution >= 4 is 0 Å². The number of aromatic nitrogens is 1. The van der Waals surface area contributed by atoms with E-state index in [0.29, 0.717) is 30.6 Å². The molecule has 3 heterocycles. The van der Waals surface area contributed by atoms with Crippen molar-refractivity contribution in [2.75, 3.05) is 19.8 Å². The Kier molecular flexibility index (Phi) is 2.34. The molecule has 5 nitrogen and oxygen atoms in total. The zero-order valence-corrected chi connectivity index (χ0v) is 8.30. The summed E-state index contributed by atoms with van der Waals surface area (Å²) in [6.07, 6.45) is 3.28. The molecule has 1 aromatic heterocycles. The Hall–Kier alpha value is -1.07. The van der Waals surface area contributed by atoms with Gasteiger partial charge in [0.05, 0.1) is 32.0 Å². The topological polar surface area (TPSA) is 60.3 Å². The number of hydrogen-bond acceptors (Lipinski definition) is 5. The summed E-state index contributed by atoms with van der Waals surface area (Å²) in [7, 11) is 0. The van der Waals surface area contributed by atoms with Crippen molar-refractivity contribution in [2.45, 2.75) is 18.6 Å². The van der Waals surface area contributed by atoms with E-state index in [-0.39, 0.29) is 0 Å². The molecule has 0 N–H and O–H groups in total. The van der Waals surface area contributed by atoms with Crippen molar-refractivity contribution in [2.24, 2.45) is 5.92 Å². The van der Waals surface area contributed by atoms with E-state index in [1.165, 1.54) is 6.26 Å². The normalized spacial score (nSPS) is 29.9. The van der Waals surface area contributed by atoms with Gasteiger partial charge < -0.3 is 18.7 Å². The van der Waals surface area contributed by atoms with Gasteiger partial charge in [-0.15, -0.1) is 0 Å². The lowest BCUT2D eigenvalue weighted by atomic mass is 10.0. The van der Waals surface area contributed by atoms with Crippen LogP contribution in [0.15, 0.2) is 16.9 Å². The van der Waals surface area contributed by atoms with Crippen molar-refractivity contribution in [3.63, 3.8) is 0 Å². The largest absolute Gasteiger partial charge is 0.475 e. The molecule has 0 amide bonds. The van der Waals surface area contributed by atoms with E-state index in [9.17, 15) is 0 Å². The molecule has 5 heteroatoms. The van der Waals surface area contributed by atoms with E-state index in [1.54, 1.807) is 6.07 Å². The third-order valence-electron chi connectivity index (χ3n) is 2.71. The van der Waals surface area contributed by atoms with Gasteiger partial charge in [0.15, 0.2) is 0 Å². The number of nitrogens with zero attached hydrogens (tertiary/aromatic N) is 1. The fourth-order valence-electron chi connectivity index (χ4n) is 1.66. The maximum atomic E-state index is 5.50. The van der Waals surface area contributed by atoms with E-state index in [0.717, 1.165) is 19.6 Å². The Morgan fingerprint density at radius 1 is 1.47 bits per heavy atom. The number of hydrogen-bond donors (Lipinski definition) is 0. The van der Waals surface area contributed by atoms with Gasteiger partial charge in [-0.3, -0.25) is 0 Å². The highest BCUT2D eigenvalue weighted by Gasteiger charge is 2.38. The fraction of sp³-hybridized carbons (Fsp3) is 0.700. The predicted octanol–water partition coefficient (Wildman–Crippen LogP) is 0.857. The highest BCUT2D eigenvalue weighted by atomic mass is 16.6. The Bertz CT molecular complexity index is 305. The molecule has 0 aromatic carbocycles. The molecule has 2 saturated heterocycles. The lowest BCUT2D eigenvalue weighted by Crippen LogP contribution is -2.20. The molecule has 3 atom stereocenters. The van der Waals surface area contributed by atoms with Gasteiger partial charge in [-0.05, 0) is 11.6 Å². The molecule has 2 fully saturated rings. The summed E-state index contributed by atoms with van der Waals surface area (Å²) in [5, 5.41) is 3.69. The molecule has 15 heavy (non-hydrogen) atoms. The monoisotopic (exact) mass is 211 g/mol. The second-order valence-corrected chi connectivity index (χ2v) is 3.97. The maximum Gasteiger partial charge on any atom is 0.254 e. The van der Waals surface area contributed by atoms with E-state index < -0.39 is 0 Å². The minimum Gasteiger partial charge on any atom is -0.475 e. The van der Waals surface area contributed by atoms with Crippen LogP contribution in [0.1, 0.15) is 6.42 Å². The average Bonchev–Trinajstić information content (AvgIpc) is 3.14. The Morgan fingerprint density at radius 3 is 2.93 bits per heavy atom. The Morgan fingerprint density at radius 2 is 2.33 bits per heavy atom. The van der Waals surface area contributed by atoms with Crippen molar-refractivity contribution in [3.05, 3.63) is 12.3 Å². The van der Waals surface area contributed by atoms with Crippen LogP contribution in [0.25, 0.3) is 0 Å². The van der Waals surface area contributed by atoms with Gasteiger partial charge >= 0.3 is 0 Å². The molecular weight excluding hydrogens is 198 g/mol. The summed E-state index contributed by atoms with van der Waals surface area (Å²) in [5.74, 6) is 0.951. The summed E-state index contributed by atoms with van der Waals surface area (Å²) in [5.41, 5.74) is 0. The second-order valence-electron chi connectivity index (χ2n) is 3.97. The van der Waals surface area contributed by atoms with Crippen molar-refractivity contribution in [1.29, 1.82) is 0 Å². The van der Waals surface area contributed by atoms with E-state index in [1.807, 2.05) is 0 Å². The van der Waals surface area contributed by atoms with Gasteiger partial charge in [0.1, 0.15) is 6.26 Å². The lowest BCUT2D eigenvalue weighted by Gasteiger charge is -2.12. The third kappa shape index (κ3) is 2.49. The average molecular weight is 211 g/mol. The molecule has 0 saturated carbocycles. The zero-order chi connectivity index (χ0) is 10.1. The third-order valence-corrected chi connectivity index (χ3v) is 2.71. The predicted molar refractivity (Wildman–Crippen MR) is 49.6 cm³/mol. The summed E-state index contributed by atoms with van der Waals surface area (Å²) in [6, 6.07) is 1.71. The summed E-state index contributed by atoms with van der Waals surface area (Å²) in [6.45, 7) is 2.35. The Labute approximate surface area is 87.3 Å².